The van der Waals surface area contributed by atoms with Gasteiger partial charge in [-0.25, -0.2) is 13.4 Å². The highest BCUT2D eigenvalue weighted by molar-refractivity contribution is 7.93. The van der Waals surface area contributed by atoms with Crippen LogP contribution in [0.1, 0.15) is 31.0 Å². The van der Waals surface area contributed by atoms with Gasteiger partial charge in [-0.15, -0.1) is 11.3 Å². The van der Waals surface area contributed by atoms with E-state index in [2.05, 4.69) is 16.6 Å². The summed E-state index contributed by atoms with van der Waals surface area (Å²) in [6.07, 6.45) is 2.94. The SMILES string of the molecule is CCCCc1csc(NS(=O)(=O)c2c(C)cc(Cl)cc2Cl)n1. The number of aromatic nitrogens is 1. The van der Waals surface area contributed by atoms with Crippen molar-refractivity contribution in [1.82, 2.24) is 4.98 Å². The quantitative estimate of drug-likeness (QED) is 0.777. The van der Waals surface area contributed by atoms with Crippen molar-refractivity contribution >= 4 is 49.7 Å². The Balaban J connectivity index is 2.27. The molecule has 0 unspecified atom stereocenters. The molecule has 0 saturated heterocycles. The van der Waals surface area contributed by atoms with Gasteiger partial charge in [-0.05, 0) is 37.5 Å². The Labute approximate surface area is 144 Å². The molecule has 1 N–H and O–H groups in total. The number of hydrogen-bond acceptors (Lipinski definition) is 4. The maximum atomic E-state index is 12.5. The lowest BCUT2D eigenvalue weighted by Crippen LogP contribution is -2.14. The van der Waals surface area contributed by atoms with Crippen molar-refractivity contribution in [1.29, 1.82) is 0 Å². The summed E-state index contributed by atoms with van der Waals surface area (Å²) >= 11 is 13.2. The molecule has 22 heavy (non-hydrogen) atoms. The van der Waals surface area contributed by atoms with Crippen molar-refractivity contribution in [3.05, 3.63) is 38.8 Å². The molecule has 1 heterocycles. The van der Waals surface area contributed by atoms with Crippen LogP contribution in [-0.2, 0) is 16.4 Å². The van der Waals surface area contributed by atoms with Gasteiger partial charge in [-0.1, -0.05) is 36.5 Å². The summed E-state index contributed by atoms with van der Waals surface area (Å²) in [5, 5.41) is 2.71. The lowest BCUT2D eigenvalue weighted by Gasteiger charge is -2.10. The zero-order chi connectivity index (χ0) is 16.3. The van der Waals surface area contributed by atoms with Gasteiger partial charge >= 0.3 is 0 Å². The van der Waals surface area contributed by atoms with Crippen molar-refractivity contribution in [3.63, 3.8) is 0 Å². The van der Waals surface area contributed by atoms with E-state index in [1.165, 1.54) is 17.4 Å². The molecule has 0 bridgehead atoms. The molecular formula is C14H16Cl2N2O2S2. The molecule has 0 spiro atoms. The molecule has 2 rings (SSSR count). The Morgan fingerprint density at radius 1 is 1.32 bits per heavy atom. The fourth-order valence-electron chi connectivity index (χ4n) is 2.02. The smallest absolute Gasteiger partial charge is 0.255 e. The molecule has 0 atom stereocenters. The van der Waals surface area contributed by atoms with Crippen molar-refractivity contribution < 1.29 is 8.42 Å². The first-order valence-electron chi connectivity index (χ1n) is 6.76. The topological polar surface area (TPSA) is 59.1 Å². The van der Waals surface area contributed by atoms with Gasteiger partial charge in [0.05, 0.1) is 10.7 Å². The minimum absolute atomic E-state index is 0.0314. The summed E-state index contributed by atoms with van der Waals surface area (Å²) in [5.41, 5.74) is 1.39. The number of rotatable bonds is 6. The van der Waals surface area contributed by atoms with Gasteiger partial charge in [-0.3, -0.25) is 4.72 Å². The minimum atomic E-state index is -3.79. The fourth-order valence-corrected chi connectivity index (χ4v) is 5.21. The van der Waals surface area contributed by atoms with Gasteiger partial charge in [0, 0.05) is 10.4 Å². The summed E-state index contributed by atoms with van der Waals surface area (Å²) in [4.78, 5) is 4.33. The number of sulfonamides is 1. The van der Waals surface area contributed by atoms with Gasteiger partial charge in [0.25, 0.3) is 10.0 Å². The van der Waals surface area contributed by atoms with Crippen molar-refractivity contribution in [3.8, 4) is 0 Å². The molecule has 0 aliphatic carbocycles. The Morgan fingerprint density at radius 2 is 2.05 bits per heavy atom. The molecular weight excluding hydrogens is 363 g/mol. The number of thiazole rings is 1. The van der Waals surface area contributed by atoms with Crippen LogP contribution in [0.25, 0.3) is 0 Å². The molecule has 0 fully saturated rings. The van der Waals surface area contributed by atoms with Crippen molar-refractivity contribution in [2.45, 2.75) is 38.0 Å². The molecule has 0 saturated carbocycles. The Kier molecular flexibility index (Phi) is 5.71. The molecule has 1 aromatic carbocycles. The van der Waals surface area contributed by atoms with E-state index in [4.69, 9.17) is 23.2 Å². The van der Waals surface area contributed by atoms with Crippen LogP contribution in [0, 0.1) is 6.92 Å². The molecule has 8 heteroatoms. The zero-order valence-corrected chi connectivity index (χ0v) is 15.3. The Hall–Kier alpha value is -0.820. The second-order valence-electron chi connectivity index (χ2n) is 4.89. The first-order valence-corrected chi connectivity index (χ1v) is 9.88. The van der Waals surface area contributed by atoms with E-state index in [1.54, 1.807) is 13.0 Å². The third kappa shape index (κ3) is 4.13. The fraction of sp³-hybridized carbons (Fsp3) is 0.357. The van der Waals surface area contributed by atoms with Crippen LogP contribution in [0.3, 0.4) is 0 Å². The van der Waals surface area contributed by atoms with Gasteiger partial charge in [0.2, 0.25) is 0 Å². The van der Waals surface area contributed by atoms with E-state index in [1.807, 2.05) is 5.38 Å². The summed E-state index contributed by atoms with van der Waals surface area (Å²) in [6.45, 7) is 3.75. The van der Waals surface area contributed by atoms with Crippen LogP contribution in [0.2, 0.25) is 10.0 Å². The maximum absolute atomic E-state index is 12.5. The molecule has 0 aliphatic rings. The number of benzene rings is 1. The zero-order valence-electron chi connectivity index (χ0n) is 12.2. The third-order valence-electron chi connectivity index (χ3n) is 3.02. The lowest BCUT2D eigenvalue weighted by atomic mass is 10.2. The highest BCUT2D eigenvalue weighted by Crippen LogP contribution is 2.31. The van der Waals surface area contributed by atoms with Crippen LogP contribution in [-0.4, -0.2) is 13.4 Å². The number of anilines is 1. The molecule has 2 aromatic rings. The molecule has 0 amide bonds. The van der Waals surface area contributed by atoms with Crippen molar-refractivity contribution in [2.75, 3.05) is 4.72 Å². The van der Waals surface area contributed by atoms with E-state index < -0.39 is 10.0 Å². The highest BCUT2D eigenvalue weighted by Gasteiger charge is 2.22. The summed E-state index contributed by atoms with van der Waals surface area (Å²) in [6, 6.07) is 2.98. The average Bonchev–Trinajstić information content (AvgIpc) is 2.81. The van der Waals surface area contributed by atoms with Crippen LogP contribution in [0.4, 0.5) is 5.13 Å². The van der Waals surface area contributed by atoms with Gasteiger partial charge in [0.1, 0.15) is 4.90 Å². The van der Waals surface area contributed by atoms with E-state index in [0.717, 1.165) is 25.0 Å². The van der Waals surface area contributed by atoms with Crippen LogP contribution >= 0.6 is 34.5 Å². The minimum Gasteiger partial charge on any atom is -0.255 e. The normalized spacial score (nSPS) is 11.6. The average molecular weight is 379 g/mol. The van der Waals surface area contributed by atoms with Gasteiger partial charge < -0.3 is 0 Å². The number of nitrogens with one attached hydrogen (secondary N) is 1. The van der Waals surface area contributed by atoms with E-state index in [9.17, 15) is 8.42 Å². The second kappa shape index (κ2) is 7.17. The van der Waals surface area contributed by atoms with E-state index >= 15 is 0 Å². The van der Waals surface area contributed by atoms with Crippen LogP contribution in [0.15, 0.2) is 22.4 Å². The largest absolute Gasteiger partial charge is 0.265 e. The number of halogens is 2. The van der Waals surface area contributed by atoms with E-state index in [-0.39, 0.29) is 9.92 Å². The van der Waals surface area contributed by atoms with Crippen LogP contribution < -0.4 is 4.72 Å². The molecule has 0 radical (unpaired) electrons. The first-order chi connectivity index (χ1) is 10.3. The summed E-state index contributed by atoms with van der Waals surface area (Å²) < 4.78 is 27.5. The van der Waals surface area contributed by atoms with Crippen molar-refractivity contribution in [2.24, 2.45) is 0 Å². The molecule has 4 nitrogen and oxygen atoms in total. The molecule has 1 aromatic heterocycles. The number of hydrogen-bond donors (Lipinski definition) is 1. The number of aryl methyl sites for hydroxylation is 2. The lowest BCUT2D eigenvalue weighted by molar-refractivity contribution is 0.600. The Morgan fingerprint density at radius 3 is 2.68 bits per heavy atom. The third-order valence-corrected chi connectivity index (χ3v) is 6.13. The Bertz CT molecular complexity index is 750. The predicted molar refractivity (Wildman–Crippen MR) is 92.7 cm³/mol. The molecule has 0 aliphatic heterocycles. The van der Waals surface area contributed by atoms with Crippen LogP contribution in [0.5, 0.6) is 0 Å². The van der Waals surface area contributed by atoms with Gasteiger partial charge in [0.15, 0.2) is 5.13 Å². The summed E-state index contributed by atoms with van der Waals surface area (Å²) in [7, 11) is -3.79. The monoisotopic (exact) mass is 378 g/mol. The maximum Gasteiger partial charge on any atom is 0.265 e. The first kappa shape index (κ1) is 17.5. The summed E-state index contributed by atoms with van der Waals surface area (Å²) in [5.74, 6) is 0. The number of unbranched alkanes of at least 4 members (excludes halogenated alkanes) is 1. The molecule has 120 valence electrons. The second-order valence-corrected chi connectivity index (χ2v) is 8.21. The standard InChI is InChI=1S/C14H16Cl2N2O2S2/c1-3-4-5-11-8-21-14(17-11)18-22(19,20)13-9(2)6-10(15)7-12(13)16/h6-8H,3-5H2,1-2H3,(H,17,18). The number of nitrogens with zero attached hydrogens (tertiary/aromatic N) is 1. The highest BCUT2D eigenvalue weighted by atomic mass is 35.5. The van der Waals surface area contributed by atoms with Gasteiger partial charge in [-0.2, -0.15) is 0 Å². The van der Waals surface area contributed by atoms with E-state index in [0.29, 0.717) is 15.7 Å². The predicted octanol–water partition coefficient (Wildman–Crippen LogP) is 4.90.